The average molecular weight is 286 g/mol. The van der Waals surface area contributed by atoms with Gasteiger partial charge in [0.2, 0.25) is 5.91 Å². The largest absolute Gasteiger partial charge is 0.397 e. The Morgan fingerprint density at radius 3 is 2.76 bits per heavy atom. The summed E-state index contributed by atoms with van der Waals surface area (Å²) in [5.74, 6) is 0.0241. The molecule has 5 heteroatoms. The molecule has 5 nitrogen and oxygen atoms in total. The molecule has 1 aromatic heterocycles. The molecule has 0 aliphatic carbocycles. The number of hydrogen-bond acceptors (Lipinski definition) is 4. The normalized spacial score (nSPS) is 11.4. The molecule has 112 valence electrons. The van der Waals surface area contributed by atoms with Gasteiger partial charge >= 0.3 is 0 Å². The minimum Gasteiger partial charge on any atom is -0.397 e. The van der Waals surface area contributed by atoms with Crippen molar-refractivity contribution in [2.75, 3.05) is 17.6 Å². The van der Waals surface area contributed by atoms with Crippen molar-refractivity contribution in [1.82, 2.24) is 10.3 Å². The van der Waals surface area contributed by atoms with Gasteiger partial charge in [0.1, 0.15) is 0 Å². The molecule has 2 aromatic rings. The van der Waals surface area contributed by atoms with Gasteiger partial charge in [-0.3, -0.25) is 9.78 Å². The van der Waals surface area contributed by atoms with Gasteiger partial charge in [-0.05, 0) is 45.0 Å². The summed E-state index contributed by atoms with van der Waals surface area (Å²) in [5.41, 5.74) is 8.29. The van der Waals surface area contributed by atoms with Crippen LogP contribution in [0.2, 0.25) is 0 Å². The quantitative estimate of drug-likeness (QED) is 0.755. The summed E-state index contributed by atoms with van der Waals surface area (Å²) in [6.07, 6.45) is 2.15. The van der Waals surface area contributed by atoms with Crippen LogP contribution in [0.5, 0.6) is 0 Å². The van der Waals surface area contributed by atoms with E-state index in [1.54, 1.807) is 6.20 Å². The third-order valence-corrected chi connectivity index (χ3v) is 3.01. The molecule has 0 spiro atoms. The average Bonchev–Trinajstić information content (AvgIpc) is 2.40. The van der Waals surface area contributed by atoms with Gasteiger partial charge < -0.3 is 16.4 Å². The van der Waals surface area contributed by atoms with E-state index in [1.165, 1.54) is 0 Å². The summed E-state index contributed by atoms with van der Waals surface area (Å²) < 4.78 is 0. The van der Waals surface area contributed by atoms with Gasteiger partial charge in [-0.15, -0.1) is 0 Å². The van der Waals surface area contributed by atoms with Crippen molar-refractivity contribution >= 4 is 28.2 Å². The van der Waals surface area contributed by atoms with Crippen LogP contribution >= 0.6 is 0 Å². The fourth-order valence-electron chi connectivity index (χ4n) is 2.12. The number of aromatic nitrogens is 1. The molecule has 1 heterocycles. The van der Waals surface area contributed by atoms with Crippen LogP contribution in [0.1, 0.15) is 27.2 Å². The molecule has 0 saturated carbocycles. The van der Waals surface area contributed by atoms with E-state index in [0.29, 0.717) is 18.7 Å². The summed E-state index contributed by atoms with van der Waals surface area (Å²) in [6.45, 7) is 6.43. The molecule has 0 fully saturated rings. The number of carbonyl (C=O) groups is 1. The minimum absolute atomic E-state index is 0.0241. The SMILES string of the molecule is CC(C)(C)NC(=O)CCNc1ccc2ncccc2c1N. The van der Waals surface area contributed by atoms with E-state index in [0.717, 1.165) is 16.6 Å². The molecule has 1 amide bonds. The highest BCUT2D eigenvalue weighted by Crippen LogP contribution is 2.27. The van der Waals surface area contributed by atoms with Crippen molar-refractivity contribution in [2.45, 2.75) is 32.7 Å². The molecule has 0 radical (unpaired) electrons. The monoisotopic (exact) mass is 286 g/mol. The Kier molecular flexibility index (Phi) is 4.31. The maximum absolute atomic E-state index is 11.8. The van der Waals surface area contributed by atoms with Crippen LogP contribution in [0, 0.1) is 0 Å². The van der Waals surface area contributed by atoms with Crippen molar-refractivity contribution in [1.29, 1.82) is 0 Å². The number of rotatable bonds is 4. The van der Waals surface area contributed by atoms with E-state index < -0.39 is 0 Å². The lowest BCUT2D eigenvalue weighted by molar-refractivity contribution is -0.122. The summed E-state index contributed by atoms with van der Waals surface area (Å²) >= 11 is 0. The lowest BCUT2D eigenvalue weighted by Gasteiger charge is -2.20. The van der Waals surface area contributed by atoms with Crippen LogP contribution in [-0.4, -0.2) is 23.0 Å². The molecule has 0 unspecified atom stereocenters. The first-order valence-corrected chi connectivity index (χ1v) is 7.05. The summed E-state index contributed by atoms with van der Waals surface area (Å²) in [5, 5.41) is 7.06. The van der Waals surface area contributed by atoms with Gasteiger partial charge in [-0.1, -0.05) is 0 Å². The Bertz CT molecular complexity index is 646. The number of amides is 1. The molecule has 0 aliphatic heterocycles. The highest BCUT2D eigenvalue weighted by molar-refractivity contribution is 5.96. The van der Waals surface area contributed by atoms with Crippen molar-refractivity contribution < 1.29 is 4.79 Å². The molecular weight excluding hydrogens is 264 g/mol. The zero-order valence-corrected chi connectivity index (χ0v) is 12.7. The Morgan fingerprint density at radius 2 is 2.05 bits per heavy atom. The lowest BCUT2D eigenvalue weighted by atomic mass is 10.1. The first-order valence-electron chi connectivity index (χ1n) is 7.05. The van der Waals surface area contributed by atoms with E-state index >= 15 is 0 Å². The number of hydrogen-bond donors (Lipinski definition) is 3. The van der Waals surface area contributed by atoms with E-state index in [4.69, 9.17) is 5.73 Å². The van der Waals surface area contributed by atoms with E-state index in [2.05, 4.69) is 15.6 Å². The molecule has 1 aromatic carbocycles. The van der Waals surface area contributed by atoms with E-state index in [1.807, 2.05) is 45.0 Å². The highest BCUT2D eigenvalue weighted by Gasteiger charge is 2.13. The lowest BCUT2D eigenvalue weighted by Crippen LogP contribution is -2.41. The van der Waals surface area contributed by atoms with E-state index in [9.17, 15) is 4.79 Å². The fourth-order valence-corrected chi connectivity index (χ4v) is 2.12. The second-order valence-electron chi connectivity index (χ2n) is 6.07. The molecular formula is C16H22N4O. The number of nitrogens with two attached hydrogens (primary N) is 1. The number of nitrogens with one attached hydrogen (secondary N) is 2. The zero-order valence-electron chi connectivity index (χ0n) is 12.7. The van der Waals surface area contributed by atoms with Crippen LogP contribution in [0.25, 0.3) is 10.9 Å². The summed E-state index contributed by atoms with van der Waals surface area (Å²) in [7, 11) is 0. The maximum atomic E-state index is 11.8. The molecule has 21 heavy (non-hydrogen) atoms. The molecule has 2 rings (SSSR count). The fraction of sp³-hybridized carbons (Fsp3) is 0.375. The number of nitrogen functional groups attached to an aromatic ring is 1. The number of pyridine rings is 1. The van der Waals surface area contributed by atoms with Crippen LogP contribution in [0.15, 0.2) is 30.5 Å². The van der Waals surface area contributed by atoms with Crippen LogP contribution in [0.3, 0.4) is 0 Å². The van der Waals surface area contributed by atoms with Gasteiger partial charge in [0.25, 0.3) is 0 Å². The number of nitrogens with zero attached hydrogens (tertiary/aromatic N) is 1. The standard InChI is InChI=1S/C16H22N4O/c1-16(2,3)20-14(21)8-10-19-13-7-6-12-11(15(13)17)5-4-9-18-12/h4-7,9,19H,8,10,17H2,1-3H3,(H,20,21). The molecule has 0 saturated heterocycles. The summed E-state index contributed by atoms with van der Waals surface area (Å²) in [6, 6.07) is 7.62. The van der Waals surface area contributed by atoms with Gasteiger partial charge in [0.05, 0.1) is 16.9 Å². The van der Waals surface area contributed by atoms with Gasteiger partial charge in [0, 0.05) is 30.1 Å². The number of carbonyl (C=O) groups excluding carboxylic acids is 1. The predicted octanol–water partition coefficient (Wildman–Crippen LogP) is 2.53. The molecule has 0 bridgehead atoms. The first-order chi connectivity index (χ1) is 9.87. The maximum Gasteiger partial charge on any atom is 0.222 e. The first kappa shape index (κ1) is 15.1. The molecule has 0 atom stereocenters. The third kappa shape index (κ3) is 4.08. The Hall–Kier alpha value is -2.30. The second kappa shape index (κ2) is 5.99. The van der Waals surface area contributed by atoms with Crippen molar-refractivity contribution in [3.05, 3.63) is 30.5 Å². The van der Waals surface area contributed by atoms with Crippen LogP contribution in [0.4, 0.5) is 11.4 Å². The van der Waals surface area contributed by atoms with Crippen molar-refractivity contribution in [3.8, 4) is 0 Å². The number of benzene rings is 1. The Morgan fingerprint density at radius 1 is 1.29 bits per heavy atom. The van der Waals surface area contributed by atoms with Gasteiger partial charge in [0.15, 0.2) is 0 Å². The van der Waals surface area contributed by atoms with Crippen LogP contribution in [-0.2, 0) is 4.79 Å². The van der Waals surface area contributed by atoms with E-state index in [-0.39, 0.29) is 11.4 Å². The minimum atomic E-state index is -0.204. The number of fused-ring (bicyclic) bond motifs is 1. The highest BCUT2D eigenvalue weighted by atomic mass is 16.1. The third-order valence-electron chi connectivity index (χ3n) is 3.01. The molecule has 4 N–H and O–H groups in total. The van der Waals surface area contributed by atoms with Gasteiger partial charge in [-0.25, -0.2) is 0 Å². The Labute approximate surface area is 124 Å². The van der Waals surface area contributed by atoms with Gasteiger partial charge in [-0.2, -0.15) is 0 Å². The van der Waals surface area contributed by atoms with Crippen molar-refractivity contribution in [3.63, 3.8) is 0 Å². The second-order valence-corrected chi connectivity index (χ2v) is 6.07. The number of anilines is 2. The zero-order chi connectivity index (χ0) is 15.5. The van der Waals surface area contributed by atoms with Crippen molar-refractivity contribution in [2.24, 2.45) is 0 Å². The predicted molar refractivity (Wildman–Crippen MR) is 87.2 cm³/mol. The summed E-state index contributed by atoms with van der Waals surface area (Å²) in [4.78, 5) is 16.0. The van der Waals surface area contributed by atoms with Crippen LogP contribution < -0.4 is 16.4 Å². The Balaban J connectivity index is 1.98. The molecule has 0 aliphatic rings. The topological polar surface area (TPSA) is 80.0 Å². The smallest absolute Gasteiger partial charge is 0.222 e.